The second-order valence-corrected chi connectivity index (χ2v) is 6.79. The van der Waals surface area contributed by atoms with Gasteiger partial charge in [0.2, 0.25) is 0 Å². The van der Waals surface area contributed by atoms with Crippen molar-refractivity contribution in [2.24, 2.45) is 5.92 Å². The zero-order chi connectivity index (χ0) is 15.0. The largest absolute Gasteiger partial charge is 0.378 e. The first-order valence-corrected chi connectivity index (χ1v) is 8.33. The van der Waals surface area contributed by atoms with Crippen LogP contribution in [0.15, 0.2) is 18.2 Å². The number of imidazole rings is 1. The van der Waals surface area contributed by atoms with Crippen LogP contribution in [-0.4, -0.2) is 22.3 Å². The predicted octanol–water partition coefficient (Wildman–Crippen LogP) is 4.80. The lowest BCUT2D eigenvalue weighted by Crippen LogP contribution is -2.21. The number of hydrogen-bond acceptors (Lipinski definition) is 2. The molecule has 1 aliphatic rings. The van der Waals surface area contributed by atoms with Gasteiger partial charge in [0, 0.05) is 24.1 Å². The molecule has 3 nitrogen and oxygen atoms in total. The van der Waals surface area contributed by atoms with Crippen molar-refractivity contribution < 1.29 is 4.74 Å². The number of fused-ring (bicyclic) bond motifs is 1. The first-order valence-electron chi connectivity index (χ1n) is 7.51. The third kappa shape index (κ3) is 2.92. The summed E-state index contributed by atoms with van der Waals surface area (Å²) in [5, 5.41) is 0.603. The number of aromatic nitrogens is 2. The summed E-state index contributed by atoms with van der Waals surface area (Å²) in [5.41, 5.74) is 2.01. The molecule has 1 aromatic heterocycles. The average molecular weight is 327 g/mol. The van der Waals surface area contributed by atoms with Gasteiger partial charge in [0.25, 0.3) is 0 Å². The summed E-state index contributed by atoms with van der Waals surface area (Å²) < 4.78 is 8.03. The van der Waals surface area contributed by atoms with Crippen LogP contribution in [-0.2, 0) is 11.3 Å². The summed E-state index contributed by atoms with van der Waals surface area (Å²) in [4.78, 5) is 4.68. The summed E-state index contributed by atoms with van der Waals surface area (Å²) >= 11 is 12.5. The summed E-state index contributed by atoms with van der Waals surface area (Å²) in [7, 11) is 0. The van der Waals surface area contributed by atoms with E-state index < -0.39 is 0 Å². The van der Waals surface area contributed by atoms with Gasteiger partial charge in [-0.3, -0.25) is 0 Å². The topological polar surface area (TPSA) is 27.1 Å². The lowest BCUT2D eigenvalue weighted by atomic mass is 9.99. The fourth-order valence-electron chi connectivity index (χ4n) is 3.20. The van der Waals surface area contributed by atoms with Crippen LogP contribution in [0.5, 0.6) is 0 Å². The summed E-state index contributed by atoms with van der Waals surface area (Å²) in [5.74, 6) is 1.43. The van der Waals surface area contributed by atoms with Crippen molar-refractivity contribution in [3.8, 4) is 0 Å². The van der Waals surface area contributed by atoms with Crippen molar-refractivity contribution in [1.29, 1.82) is 0 Å². The van der Waals surface area contributed by atoms with Crippen LogP contribution in [0.2, 0.25) is 5.02 Å². The standard InChI is InChI=1S/C16H20Cl2N2O/c1-3-15-11(6-7-21-15)9-20-14-8-12(18)4-5-13(14)19-16(20)10(2)17/h4-5,8,10-11,15H,3,6-7,9H2,1-2H3. The molecule has 2 heterocycles. The summed E-state index contributed by atoms with van der Waals surface area (Å²) in [6.45, 7) is 5.88. The second kappa shape index (κ2) is 6.15. The number of benzene rings is 1. The molecule has 1 aromatic carbocycles. The van der Waals surface area contributed by atoms with Crippen molar-refractivity contribution in [2.75, 3.05) is 6.61 Å². The Hall–Kier alpha value is -0.770. The first kappa shape index (κ1) is 15.1. The number of alkyl halides is 1. The maximum Gasteiger partial charge on any atom is 0.127 e. The molecule has 0 radical (unpaired) electrons. The molecule has 5 heteroatoms. The van der Waals surface area contributed by atoms with E-state index in [0.717, 1.165) is 47.9 Å². The van der Waals surface area contributed by atoms with Gasteiger partial charge >= 0.3 is 0 Å². The normalized spacial score (nSPS) is 23.8. The van der Waals surface area contributed by atoms with Gasteiger partial charge in [0.15, 0.2) is 0 Å². The van der Waals surface area contributed by atoms with E-state index in [0.29, 0.717) is 12.0 Å². The second-order valence-electron chi connectivity index (χ2n) is 5.70. The highest BCUT2D eigenvalue weighted by Crippen LogP contribution is 2.31. The van der Waals surface area contributed by atoms with Crippen molar-refractivity contribution >= 4 is 34.2 Å². The molecule has 0 spiro atoms. The van der Waals surface area contributed by atoms with Gasteiger partial charge in [-0.1, -0.05) is 18.5 Å². The molecular formula is C16H20Cl2N2O. The molecule has 3 unspecified atom stereocenters. The Morgan fingerprint density at radius 2 is 2.29 bits per heavy atom. The van der Waals surface area contributed by atoms with Crippen molar-refractivity contribution in [1.82, 2.24) is 9.55 Å². The highest BCUT2D eigenvalue weighted by Gasteiger charge is 2.28. The molecule has 0 amide bonds. The van der Waals surface area contributed by atoms with Crippen LogP contribution in [0, 0.1) is 5.92 Å². The van der Waals surface area contributed by atoms with Crippen molar-refractivity contribution in [3.05, 3.63) is 29.0 Å². The Balaban J connectivity index is 2.02. The Bertz CT molecular complexity index is 638. The third-order valence-electron chi connectivity index (χ3n) is 4.26. The molecule has 0 aliphatic carbocycles. The lowest BCUT2D eigenvalue weighted by molar-refractivity contribution is 0.0835. The van der Waals surface area contributed by atoms with Gasteiger partial charge in [-0.15, -0.1) is 11.6 Å². The van der Waals surface area contributed by atoms with Crippen molar-refractivity contribution in [3.63, 3.8) is 0 Å². The predicted molar refractivity (Wildman–Crippen MR) is 87.1 cm³/mol. The van der Waals surface area contributed by atoms with Crippen LogP contribution in [0.4, 0.5) is 0 Å². The fraction of sp³-hybridized carbons (Fsp3) is 0.562. The van der Waals surface area contributed by atoms with Crippen LogP contribution in [0.3, 0.4) is 0 Å². The van der Waals surface area contributed by atoms with Crippen LogP contribution in [0.25, 0.3) is 11.0 Å². The van der Waals surface area contributed by atoms with E-state index >= 15 is 0 Å². The van der Waals surface area contributed by atoms with E-state index in [2.05, 4.69) is 16.5 Å². The third-order valence-corrected chi connectivity index (χ3v) is 4.69. The molecule has 0 N–H and O–H groups in total. The van der Waals surface area contributed by atoms with Gasteiger partial charge in [0.05, 0.1) is 22.5 Å². The van der Waals surface area contributed by atoms with Gasteiger partial charge in [-0.2, -0.15) is 0 Å². The zero-order valence-corrected chi connectivity index (χ0v) is 13.9. The molecular weight excluding hydrogens is 307 g/mol. The monoisotopic (exact) mass is 326 g/mol. The zero-order valence-electron chi connectivity index (χ0n) is 12.4. The van der Waals surface area contributed by atoms with Gasteiger partial charge in [-0.25, -0.2) is 4.98 Å². The number of nitrogens with zero attached hydrogens (tertiary/aromatic N) is 2. The Labute approximate surface area is 135 Å². The molecule has 21 heavy (non-hydrogen) atoms. The minimum Gasteiger partial charge on any atom is -0.378 e. The Morgan fingerprint density at radius 1 is 1.48 bits per heavy atom. The Kier molecular flexibility index (Phi) is 4.43. The molecule has 3 rings (SSSR count). The van der Waals surface area contributed by atoms with E-state index in [-0.39, 0.29) is 5.38 Å². The van der Waals surface area contributed by atoms with E-state index in [4.69, 9.17) is 27.9 Å². The highest BCUT2D eigenvalue weighted by atomic mass is 35.5. The fourth-order valence-corrected chi connectivity index (χ4v) is 3.53. The smallest absolute Gasteiger partial charge is 0.127 e. The maximum absolute atomic E-state index is 6.33. The van der Waals surface area contributed by atoms with Crippen molar-refractivity contribution in [2.45, 2.75) is 44.7 Å². The van der Waals surface area contributed by atoms with E-state index in [1.165, 1.54) is 0 Å². The minimum absolute atomic E-state index is 0.126. The highest BCUT2D eigenvalue weighted by molar-refractivity contribution is 6.31. The SMILES string of the molecule is CCC1OCCC1Cn1c(C(C)Cl)nc2ccc(Cl)cc21. The molecule has 3 atom stereocenters. The summed E-state index contributed by atoms with van der Waals surface area (Å²) in [6.07, 6.45) is 2.47. The molecule has 1 fully saturated rings. The molecule has 1 aliphatic heterocycles. The number of halogens is 2. The lowest BCUT2D eigenvalue weighted by Gasteiger charge is -2.20. The van der Waals surface area contributed by atoms with E-state index in [1.807, 2.05) is 25.1 Å². The van der Waals surface area contributed by atoms with E-state index in [9.17, 15) is 0 Å². The average Bonchev–Trinajstić information content (AvgIpc) is 3.04. The van der Waals surface area contributed by atoms with Crippen LogP contribution in [0.1, 0.15) is 37.9 Å². The molecule has 0 saturated carbocycles. The first-order chi connectivity index (χ1) is 10.1. The van der Waals surface area contributed by atoms with E-state index in [1.54, 1.807) is 0 Å². The molecule has 0 bridgehead atoms. The number of rotatable bonds is 4. The molecule has 2 aromatic rings. The van der Waals surface area contributed by atoms with Gasteiger partial charge in [0.1, 0.15) is 5.82 Å². The minimum atomic E-state index is -0.126. The Morgan fingerprint density at radius 3 is 3.00 bits per heavy atom. The quantitative estimate of drug-likeness (QED) is 0.754. The maximum atomic E-state index is 6.33. The van der Waals surface area contributed by atoms with Crippen LogP contribution >= 0.6 is 23.2 Å². The molecule has 114 valence electrons. The van der Waals surface area contributed by atoms with Crippen LogP contribution < -0.4 is 0 Å². The number of ether oxygens (including phenoxy) is 1. The van der Waals surface area contributed by atoms with Gasteiger partial charge < -0.3 is 9.30 Å². The molecule has 1 saturated heterocycles. The van der Waals surface area contributed by atoms with Gasteiger partial charge in [-0.05, 0) is 38.0 Å². The summed E-state index contributed by atoms with van der Waals surface area (Å²) in [6, 6.07) is 5.81. The number of hydrogen-bond donors (Lipinski definition) is 0.